The van der Waals surface area contributed by atoms with Crippen LogP contribution in [0.1, 0.15) is 168 Å². The van der Waals surface area contributed by atoms with Crippen LogP contribution in [0.25, 0.3) is 0 Å². The summed E-state index contributed by atoms with van der Waals surface area (Å²) in [5.41, 5.74) is 9.95. The number of nitrogens with zero attached hydrogens (tertiary/aromatic N) is 2. The molecule has 8 heteroatoms. The maximum atomic E-state index is 13.2. The van der Waals surface area contributed by atoms with Gasteiger partial charge in [-0.05, 0) is 75.3 Å². The standard InChI is InChI=1S/C46H78N2O6/c1-5-8-19-27-41-38-44(49)52-35-23-17-13-11-15-21-25-40(46(51)54-37-34-48-32-30-47(4)31-33-48)26-22-16-12-14-18-24-36-53-45(50)39-42(28-20-9-6-2)43(41)29-10-7-3/h40-42H,3,5-6,8-9,11-28,30-39H2,1-2,4H3. The second-order valence-electron chi connectivity index (χ2n) is 15.9. The molecule has 54 heavy (non-hydrogen) atoms. The van der Waals surface area contributed by atoms with Crippen LogP contribution in [0.4, 0.5) is 0 Å². The lowest BCUT2D eigenvalue weighted by molar-refractivity contribution is -0.150. The van der Waals surface area contributed by atoms with Crippen molar-refractivity contribution in [2.24, 2.45) is 17.8 Å². The number of cyclic esters (lactones) is 2. The third kappa shape index (κ3) is 22.7. The van der Waals surface area contributed by atoms with Gasteiger partial charge >= 0.3 is 17.9 Å². The van der Waals surface area contributed by atoms with Crippen LogP contribution in [-0.4, -0.2) is 87.3 Å². The van der Waals surface area contributed by atoms with Gasteiger partial charge in [-0.15, -0.1) is 0 Å². The first-order valence-electron chi connectivity index (χ1n) is 22.2. The molecule has 8 nitrogen and oxygen atoms in total. The molecular formula is C46H78N2O6. The number of hydrogen-bond donors (Lipinski definition) is 0. The largest absolute Gasteiger partial charge is 0.466 e. The molecule has 0 aliphatic carbocycles. The fourth-order valence-electron chi connectivity index (χ4n) is 7.81. The van der Waals surface area contributed by atoms with E-state index < -0.39 is 0 Å². The zero-order valence-corrected chi connectivity index (χ0v) is 34.9. The lowest BCUT2D eigenvalue weighted by atomic mass is 9.79. The molecule has 2 unspecified atom stereocenters. The van der Waals surface area contributed by atoms with Crippen molar-refractivity contribution in [2.45, 2.75) is 168 Å². The number of ether oxygens (including phenoxy) is 3. The molecule has 308 valence electrons. The van der Waals surface area contributed by atoms with Crippen LogP contribution in [0.15, 0.2) is 29.3 Å². The Kier molecular flexibility index (Phi) is 27.8. The third-order valence-corrected chi connectivity index (χ3v) is 11.3. The van der Waals surface area contributed by atoms with E-state index in [9.17, 15) is 14.4 Å². The van der Waals surface area contributed by atoms with Crippen LogP contribution >= 0.6 is 0 Å². The molecule has 0 spiro atoms. The van der Waals surface area contributed by atoms with Gasteiger partial charge in [0, 0.05) is 32.7 Å². The summed E-state index contributed by atoms with van der Waals surface area (Å²) < 4.78 is 17.4. The Morgan fingerprint density at radius 1 is 0.722 bits per heavy atom. The summed E-state index contributed by atoms with van der Waals surface area (Å²) in [6, 6.07) is 0. The SMILES string of the molecule is C=C=C=C=C1C(CCCCC)CC(=O)OCCCCCCCCC(C(=O)OCCN2CCN(C)CC2)CCCCCCCCOC(=O)CC1CCCCC. The maximum absolute atomic E-state index is 13.2. The zero-order chi connectivity index (χ0) is 39.1. The van der Waals surface area contributed by atoms with Crippen molar-refractivity contribution >= 4 is 17.9 Å². The molecule has 0 aromatic rings. The van der Waals surface area contributed by atoms with E-state index in [2.05, 4.69) is 54.5 Å². The molecule has 0 amide bonds. The van der Waals surface area contributed by atoms with Crippen molar-refractivity contribution in [2.75, 3.05) is 59.6 Å². The molecule has 2 atom stereocenters. The molecule has 2 saturated heterocycles. The highest BCUT2D eigenvalue weighted by Crippen LogP contribution is 2.33. The molecule has 0 N–H and O–H groups in total. The normalized spacial score (nSPS) is 23.6. The van der Waals surface area contributed by atoms with Crippen molar-refractivity contribution in [1.82, 2.24) is 9.80 Å². The fourth-order valence-corrected chi connectivity index (χ4v) is 7.81. The highest BCUT2D eigenvalue weighted by atomic mass is 16.5. The highest BCUT2D eigenvalue weighted by molar-refractivity contribution is 5.72. The zero-order valence-electron chi connectivity index (χ0n) is 34.9. The van der Waals surface area contributed by atoms with Crippen molar-refractivity contribution in [3.63, 3.8) is 0 Å². The Morgan fingerprint density at radius 2 is 1.20 bits per heavy atom. The average Bonchev–Trinajstić information content (AvgIpc) is 3.16. The number of piperazine rings is 1. The van der Waals surface area contributed by atoms with Crippen LogP contribution in [0.3, 0.4) is 0 Å². The number of unbranched alkanes of at least 4 members (excludes halogenated alkanes) is 4. The van der Waals surface area contributed by atoms with Crippen LogP contribution in [0.5, 0.6) is 0 Å². The first-order chi connectivity index (χ1) is 26.4. The van der Waals surface area contributed by atoms with E-state index in [0.29, 0.717) is 19.8 Å². The molecule has 0 radical (unpaired) electrons. The lowest BCUT2D eigenvalue weighted by Crippen LogP contribution is -2.45. The molecule has 2 aliphatic heterocycles. The molecule has 0 saturated carbocycles. The van der Waals surface area contributed by atoms with Gasteiger partial charge < -0.3 is 19.1 Å². The third-order valence-electron chi connectivity index (χ3n) is 11.3. The monoisotopic (exact) mass is 755 g/mol. The summed E-state index contributed by atoms with van der Waals surface area (Å²) in [5, 5.41) is 0. The van der Waals surface area contributed by atoms with Gasteiger partial charge in [-0.1, -0.05) is 128 Å². The van der Waals surface area contributed by atoms with Gasteiger partial charge in [0.25, 0.3) is 0 Å². The summed E-state index contributed by atoms with van der Waals surface area (Å²) in [6.07, 6.45) is 22.9. The quantitative estimate of drug-likeness (QED) is 0.0843. The van der Waals surface area contributed by atoms with E-state index in [1.807, 2.05) is 0 Å². The number of likely N-dealkylation sites (N-methyl/N-ethyl adjacent to an activating group) is 1. The van der Waals surface area contributed by atoms with E-state index in [0.717, 1.165) is 180 Å². The summed E-state index contributed by atoms with van der Waals surface area (Å²) >= 11 is 0. The molecule has 2 rings (SSSR count). The summed E-state index contributed by atoms with van der Waals surface area (Å²) in [6.45, 7) is 14.4. The van der Waals surface area contributed by atoms with Gasteiger partial charge in [0.1, 0.15) is 6.61 Å². The second-order valence-corrected chi connectivity index (χ2v) is 15.9. The topological polar surface area (TPSA) is 85.4 Å². The average molecular weight is 755 g/mol. The van der Waals surface area contributed by atoms with Crippen molar-refractivity contribution < 1.29 is 28.6 Å². The van der Waals surface area contributed by atoms with Gasteiger partial charge in [-0.2, -0.15) is 0 Å². The smallest absolute Gasteiger partial charge is 0.308 e. The van der Waals surface area contributed by atoms with Crippen LogP contribution in [0.2, 0.25) is 0 Å². The number of allylic oxidation sites excluding steroid dienone is 1. The molecule has 2 fully saturated rings. The molecule has 0 bridgehead atoms. The van der Waals surface area contributed by atoms with Crippen LogP contribution in [-0.2, 0) is 28.6 Å². The van der Waals surface area contributed by atoms with E-state index in [-0.39, 0.29) is 48.5 Å². The fraction of sp³-hybridized carbons (Fsp3) is 0.826. The van der Waals surface area contributed by atoms with E-state index in [1.165, 1.54) is 0 Å². The Labute approximate surface area is 330 Å². The first-order valence-corrected chi connectivity index (χ1v) is 22.2. The molecule has 2 aliphatic rings. The van der Waals surface area contributed by atoms with Gasteiger partial charge in [0.05, 0.1) is 32.0 Å². The van der Waals surface area contributed by atoms with Crippen LogP contribution < -0.4 is 0 Å². The Balaban J connectivity index is 2.03. The minimum Gasteiger partial charge on any atom is -0.466 e. The number of carbonyl (C=O) groups excluding carboxylic acids is 3. The van der Waals surface area contributed by atoms with Gasteiger partial charge in [0.15, 0.2) is 0 Å². The minimum atomic E-state index is -0.184. The van der Waals surface area contributed by atoms with Gasteiger partial charge in [0.2, 0.25) is 0 Å². The molecule has 0 aromatic carbocycles. The molecule has 2 heterocycles. The number of esters is 3. The van der Waals surface area contributed by atoms with E-state index >= 15 is 0 Å². The molecule has 0 aromatic heterocycles. The Bertz CT molecular complexity index is 1090. The van der Waals surface area contributed by atoms with E-state index in [4.69, 9.17) is 14.2 Å². The first kappa shape index (κ1) is 47.6. The van der Waals surface area contributed by atoms with Crippen LogP contribution in [0, 0.1) is 17.8 Å². The van der Waals surface area contributed by atoms with Gasteiger partial charge in [-0.25, -0.2) is 0 Å². The number of rotatable bonds is 12. The highest BCUT2D eigenvalue weighted by Gasteiger charge is 2.28. The summed E-state index contributed by atoms with van der Waals surface area (Å²) in [5.74, 6) is -0.545. The summed E-state index contributed by atoms with van der Waals surface area (Å²) in [4.78, 5) is 44.4. The predicted molar refractivity (Wildman–Crippen MR) is 219 cm³/mol. The number of hydrogen-bond acceptors (Lipinski definition) is 8. The molecular weight excluding hydrogens is 677 g/mol. The Hall–Kier alpha value is -2.59. The summed E-state index contributed by atoms with van der Waals surface area (Å²) in [7, 11) is 2.16. The maximum Gasteiger partial charge on any atom is 0.308 e. The van der Waals surface area contributed by atoms with Crippen molar-refractivity contribution in [3.05, 3.63) is 29.3 Å². The number of carbonyl (C=O) groups is 3. The second kappa shape index (κ2) is 31.6. The predicted octanol–water partition coefficient (Wildman–Crippen LogP) is 10.1. The lowest BCUT2D eigenvalue weighted by Gasteiger charge is -2.32. The Morgan fingerprint density at radius 3 is 1.69 bits per heavy atom. The van der Waals surface area contributed by atoms with Crippen molar-refractivity contribution in [1.29, 1.82) is 0 Å². The van der Waals surface area contributed by atoms with E-state index in [1.54, 1.807) is 0 Å². The van der Waals surface area contributed by atoms with Crippen molar-refractivity contribution in [3.8, 4) is 0 Å². The van der Waals surface area contributed by atoms with Gasteiger partial charge in [-0.3, -0.25) is 19.3 Å². The minimum absolute atomic E-state index is 0.0167.